The molecule has 3 rings (SSSR count). The lowest BCUT2D eigenvalue weighted by Crippen LogP contribution is -2.15. The van der Waals surface area contributed by atoms with Gasteiger partial charge in [-0.15, -0.1) is 0 Å². The third-order valence-electron chi connectivity index (χ3n) is 3.69. The number of benzene rings is 2. The summed E-state index contributed by atoms with van der Waals surface area (Å²) in [6, 6.07) is 16.3. The number of halogens is 3. The molecular formula is C19H16F3N3O2. The number of anilines is 1. The molecule has 0 fully saturated rings. The lowest BCUT2D eigenvalue weighted by molar-refractivity contribution is -0.141. The molecule has 0 saturated carbocycles. The highest BCUT2D eigenvalue weighted by molar-refractivity contribution is 5.84. The Balaban J connectivity index is 1.81. The smallest absolute Gasteiger partial charge is 0.435 e. The number of aryl methyl sites for hydroxylation is 1. The molecule has 1 heterocycles. The number of nitrogens with zero attached hydrogens (tertiary/aromatic N) is 2. The summed E-state index contributed by atoms with van der Waals surface area (Å²) >= 11 is 0. The van der Waals surface area contributed by atoms with Gasteiger partial charge in [0.2, 0.25) is 0 Å². The molecule has 0 aliphatic rings. The van der Waals surface area contributed by atoms with Crippen LogP contribution in [-0.2, 0) is 17.5 Å². The second kappa shape index (κ2) is 7.53. The van der Waals surface area contributed by atoms with Crippen molar-refractivity contribution >= 4 is 11.8 Å². The normalized spacial score (nSPS) is 11.3. The number of rotatable bonds is 4. The molecule has 27 heavy (non-hydrogen) atoms. The number of ether oxygens (including phenoxy) is 1. The lowest BCUT2D eigenvalue weighted by atomic mass is 10.2. The molecule has 140 valence electrons. The molecule has 5 nitrogen and oxygen atoms in total. The van der Waals surface area contributed by atoms with Gasteiger partial charge in [0.1, 0.15) is 6.61 Å². The van der Waals surface area contributed by atoms with Gasteiger partial charge in [0.15, 0.2) is 5.69 Å². The Morgan fingerprint density at radius 3 is 2.52 bits per heavy atom. The van der Waals surface area contributed by atoms with Crippen LogP contribution in [0.25, 0.3) is 5.69 Å². The molecule has 0 aliphatic carbocycles. The van der Waals surface area contributed by atoms with Crippen molar-refractivity contribution in [3.63, 3.8) is 0 Å². The number of hydrogen-bond acceptors (Lipinski definition) is 3. The first kappa shape index (κ1) is 18.5. The summed E-state index contributed by atoms with van der Waals surface area (Å²) in [5, 5.41) is 6.14. The molecule has 2 aromatic carbocycles. The summed E-state index contributed by atoms with van der Waals surface area (Å²) < 4.78 is 45.4. The van der Waals surface area contributed by atoms with Crippen molar-refractivity contribution in [2.45, 2.75) is 19.7 Å². The van der Waals surface area contributed by atoms with Crippen LogP contribution >= 0.6 is 0 Å². The molecule has 3 aromatic rings. The van der Waals surface area contributed by atoms with Crippen molar-refractivity contribution in [3.8, 4) is 5.69 Å². The van der Waals surface area contributed by atoms with Gasteiger partial charge in [0.05, 0.1) is 11.4 Å². The third-order valence-corrected chi connectivity index (χ3v) is 3.69. The minimum Gasteiger partial charge on any atom is -0.443 e. The lowest BCUT2D eigenvalue weighted by Gasteiger charge is -2.10. The summed E-state index contributed by atoms with van der Waals surface area (Å²) in [7, 11) is 0. The average molecular weight is 375 g/mol. The van der Waals surface area contributed by atoms with E-state index < -0.39 is 18.0 Å². The third kappa shape index (κ3) is 4.66. The second-order valence-corrected chi connectivity index (χ2v) is 5.84. The van der Waals surface area contributed by atoms with Crippen LogP contribution in [0.3, 0.4) is 0 Å². The first-order valence-electron chi connectivity index (χ1n) is 8.05. The highest BCUT2D eigenvalue weighted by Crippen LogP contribution is 2.30. The molecule has 0 radical (unpaired) electrons. The molecule has 0 atom stereocenters. The molecule has 0 aliphatic heterocycles. The van der Waals surface area contributed by atoms with E-state index in [-0.39, 0.29) is 12.3 Å². The maximum Gasteiger partial charge on any atom is 0.435 e. The Kier molecular flexibility index (Phi) is 5.16. The zero-order valence-electron chi connectivity index (χ0n) is 14.3. The summed E-state index contributed by atoms with van der Waals surface area (Å²) in [4.78, 5) is 11.9. The summed E-state index contributed by atoms with van der Waals surface area (Å²) in [5.41, 5.74) is 0.894. The van der Waals surface area contributed by atoms with Gasteiger partial charge in [-0.3, -0.25) is 5.32 Å². The van der Waals surface area contributed by atoms with E-state index in [1.807, 2.05) is 13.0 Å². The van der Waals surface area contributed by atoms with Crippen molar-refractivity contribution in [2.75, 3.05) is 5.32 Å². The molecule has 0 bridgehead atoms. The molecule has 1 aromatic heterocycles. The van der Waals surface area contributed by atoms with Gasteiger partial charge in [-0.1, -0.05) is 30.3 Å². The van der Waals surface area contributed by atoms with E-state index in [0.29, 0.717) is 11.4 Å². The number of aromatic nitrogens is 2. The quantitative estimate of drug-likeness (QED) is 0.702. The maximum atomic E-state index is 13.1. The molecule has 8 heteroatoms. The maximum absolute atomic E-state index is 13.1. The summed E-state index contributed by atoms with van der Waals surface area (Å²) in [6.07, 6.45) is -5.37. The molecule has 1 N–H and O–H groups in total. The predicted molar refractivity (Wildman–Crippen MR) is 93.6 cm³/mol. The molecular weight excluding hydrogens is 359 g/mol. The topological polar surface area (TPSA) is 56.2 Å². The standard InChI is InChI=1S/C19H16F3N3O2/c1-13-6-5-9-15(10-13)25-16(11-17(24-25)19(20,21)22)12-27-18(26)23-14-7-3-2-4-8-14/h2-11H,12H2,1H3,(H,23,26). The largest absolute Gasteiger partial charge is 0.443 e. The molecule has 0 spiro atoms. The molecule has 0 saturated heterocycles. The number of para-hydroxylation sites is 1. The highest BCUT2D eigenvalue weighted by atomic mass is 19.4. The Labute approximate surface area is 153 Å². The van der Waals surface area contributed by atoms with Gasteiger partial charge < -0.3 is 4.74 Å². The zero-order valence-corrected chi connectivity index (χ0v) is 14.3. The van der Waals surface area contributed by atoms with E-state index in [1.54, 1.807) is 48.5 Å². The van der Waals surface area contributed by atoms with Crippen LogP contribution in [0.1, 0.15) is 17.0 Å². The Morgan fingerprint density at radius 2 is 1.85 bits per heavy atom. The minimum atomic E-state index is -4.60. The van der Waals surface area contributed by atoms with E-state index in [1.165, 1.54) is 0 Å². The SMILES string of the molecule is Cc1cccc(-n2nc(C(F)(F)F)cc2COC(=O)Nc2ccccc2)c1. The van der Waals surface area contributed by atoms with Crippen LogP contribution in [0.5, 0.6) is 0 Å². The summed E-state index contributed by atoms with van der Waals surface area (Å²) in [6.45, 7) is 1.46. The Morgan fingerprint density at radius 1 is 1.11 bits per heavy atom. The monoisotopic (exact) mass is 375 g/mol. The predicted octanol–water partition coefficient (Wildman–Crippen LogP) is 4.95. The Bertz CT molecular complexity index is 937. The van der Waals surface area contributed by atoms with Crippen LogP contribution in [0.4, 0.5) is 23.7 Å². The fraction of sp³-hybridized carbons (Fsp3) is 0.158. The van der Waals surface area contributed by atoms with Gasteiger partial charge in [0, 0.05) is 5.69 Å². The number of alkyl halides is 3. The van der Waals surface area contributed by atoms with Gasteiger partial charge in [-0.05, 0) is 42.8 Å². The Hall–Kier alpha value is -3.29. The van der Waals surface area contributed by atoms with Crippen LogP contribution in [0.15, 0.2) is 60.7 Å². The van der Waals surface area contributed by atoms with E-state index in [2.05, 4.69) is 10.4 Å². The average Bonchev–Trinajstić information content (AvgIpc) is 3.05. The van der Waals surface area contributed by atoms with Gasteiger partial charge in [0.25, 0.3) is 0 Å². The first-order valence-corrected chi connectivity index (χ1v) is 8.05. The number of carbonyl (C=O) groups excluding carboxylic acids is 1. The van der Waals surface area contributed by atoms with Crippen LogP contribution in [0.2, 0.25) is 0 Å². The number of hydrogen-bond donors (Lipinski definition) is 1. The zero-order chi connectivity index (χ0) is 19.4. The van der Waals surface area contributed by atoms with E-state index in [9.17, 15) is 18.0 Å². The molecule has 0 unspecified atom stereocenters. The van der Waals surface area contributed by atoms with E-state index >= 15 is 0 Å². The molecule has 1 amide bonds. The number of carbonyl (C=O) groups is 1. The van der Waals surface area contributed by atoms with Crippen molar-refractivity contribution < 1.29 is 22.7 Å². The highest BCUT2D eigenvalue weighted by Gasteiger charge is 2.35. The van der Waals surface area contributed by atoms with E-state index in [0.717, 1.165) is 16.3 Å². The van der Waals surface area contributed by atoms with Gasteiger partial charge >= 0.3 is 12.3 Å². The fourth-order valence-corrected chi connectivity index (χ4v) is 2.46. The van der Waals surface area contributed by atoms with Crippen LogP contribution < -0.4 is 5.32 Å². The number of amides is 1. The number of nitrogens with one attached hydrogen (secondary N) is 1. The van der Waals surface area contributed by atoms with Crippen molar-refractivity contribution in [3.05, 3.63) is 77.6 Å². The van der Waals surface area contributed by atoms with Crippen molar-refractivity contribution in [1.29, 1.82) is 0 Å². The van der Waals surface area contributed by atoms with Crippen molar-refractivity contribution in [1.82, 2.24) is 9.78 Å². The summed E-state index contributed by atoms with van der Waals surface area (Å²) in [5.74, 6) is 0. The van der Waals surface area contributed by atoms with Crippen LogP contribution in [-0.4, -0.2) is 15.9 Å². The second-order valence-electron chi connectivity index (χ2n) is 5.84. The van der Waals surface area contributed by atoms with Crippen LogP contribution in [0, 0.1) is 6.92 Å². The van der Waals surface area contributed by atoms with Gasteiger partial charge in [-0.25, -0.2) is 9.48 Å². The van der Waals surface area contributed by atoms with Crippen molar-refractivity contribution in [2.24, 2.45) is 0 Å². The fourth-order valence-electron chi connectivity index (χ4n) is 2.46. The minimum absolute atomic E-state index is 0.108. The first-order chi connectivity index (χ1) is 12.8. The van der Waals surface area contributed by atoms with E-state index in [4.69, 9.17) is 4.74 Å². The van der Waals surface area contributed by atoms with Gasteiger partial charge in [-0.2, -0.15) is 18.3 Å².